The lowest BCUT2D eigenvalue weighted by Crippen LogP contribution is -2.31. The zero-order valence-corrected chi connectivity index (χ0v) is 16.3. The van der Waals surface area contributed by atoms with Gasteiger partial charge in [-0.3, -0.25) is 9.78 Å². The van der Waals surface area contributed by atoms with E-state index >= 15 is 0 Å². The highest BCUT2D eigenvalue weighted by Crippen LogP contribution is 2.25. The molecule has 0 bridgehead atoms. The first-order valence-corrected chi connectivity index (χ1v) is 9.51. The van der Waals surface area contributed by atoms with Gasteiger partial charge in [0.1, 0.15) is 5.82 Å². The maximum absolute atomic E-state index is 13.3. The minimum atomic E-state index is -0.0658. The van der Waals surface area contributed by atoms with E-state index < -0.39 is 0 Å². The lowest BCUT2D eigenvalue weighted by atomic mass is 9.99. The van der Waals surface area contributed by atoms with Gasteiger partial charge in [0.05, 0.1) is 12.1 Å². The second-order valence-electron chi connectivity index (χ2n) is 6.88. The molecule has 0 saturated carbocycles. The van der Waals surface area contributed by atoms with Crippen LogP contribution in [0, 0.1) is 0 Å². The van der Waals surface area contributed by atoms with E-state index in [2.05, 4.69) is 34.2 Å². The molecule has 1 amide bonds. The third-order valence-corrected chi connectivity index (χ3v) is 4.91. The van der Waals surface area contributed by atoms with Crippen LogP contribution in [0.25, 0.3) is 11.1 Å². The van der Waals surface area contributed by atoms with Crippen LogP contribution in [-0.2, 0) is 20.1 Å². The van der Waals surface area contributed by atoms with Gasteiger partial charge in [-0.25, -0.2) is 4.98 Å². The number of aromatic nitrogens is 3. The van der Waals surface area contributed by atoms with Crippen molar-refractivity contribution in [3.05, 3.63) is 108 Å². The van der Waals surface area contributed by atoms with Crippen molar-refractivity contribution in [1.29, 1.82) is 0 Å². The monoisotopic (exact) mass is 382 g/mol. The molecule has 0 aliphatic carbocycles. The van der Waals surface area contributed by atoms with Crippen LogP contribution in [0.4, 0.5) is 0 Å². The molecule has 0 aliphatic heterocycles. The van der Waals surface area contributed by atoms with E-state index in [-0.39, 0.29) is 5.91 Å². The van der Waals surface area contributed by atoms with Crippen LogP contribution in [0.5, 0.6) is 0 Å². The van der Waals surface area contributed by atoms with Crippen molar-refractivity contribution >= 4 is 5.91 Å². The predicted octanol–water partition coefficient (Wildman–Crippen LogP) is 4.32. The average Bonchev–Trinajstić information content (AvgIpc) is 3.19. The van der Waals surface area contributed by atoms with E-state index in [1.54, 1.807) is 30.7 Å². The predicted molar refractivity (Wildman–Crippen MR) is 113 cm³/mol. The number of imidazole rings is 1. The first kappa shape index (κ1) is 18.6. The normalized spacial score (nSPS) is 10.7. The minimum absolute atomic E-state index is 0.0658. The molecule has 0 unspecified atom stereocenters. The molecule has 0 radical (unpaired) electrons. The largest absolute Gasteiger partial charge is 0.337 e. The SMILES string of the molecule is Cn1ccnc1CN(Cc1ccccc1-c1ccccc1)C(=O)c1cccnc1. The number of benzene rings is 2. The summed E-state index contributed by atoms with van der Waals surface area (Å²) in [5.74, 6) is 0.767. The molecule has 29 heavy (non-hydrogen) atoms. The number of pyridine rings is 1. The van der Waals surface area contributed by atoms with Gasteiger partial charge in [0.15, 0.2) is 0 Å². The van der Waals surface area contributed by atoms with E-state index in [0.717, 1.165) is 22.5 Å². The summed E-state index contributed by atoms with van der Waals surface area (Å²) in [4.78, 5) is 23.6. The third kappa shape index (κ3) is 4.24. The van der Waals surface area contributed by atoms with Crippen LogP contribution in [0.15, 0.2) is 91.5 Å². The minimum Gasteiger partial charge on any atom is -0.337 e. The van der Waals surface area contributed by atoms with Crippen LogP contribution in [0.2, 0.25) is 0 Å². The van der Waals surface area contributed by atoms with E-state index in [9.17, 15) is 4.79 Å². The van der Waals surface area contributed by atoms with E-state index in [1.165, 1.54) is 0 Å². The Labute approximate surface area is 170 Å². The van der Waals surface area contributed by atoms with Crippen LogP contribution < -0.4 is 0 Å². The zero-order chi connectivity index (χ0) is 20.1. The highest BCUT2D eigenvalue weighted by atomic mass is 16.2. The summed E-state index contributed by atoms with van der Waals surface area (Å²) in [5, 5.41) is 0. The molecular weight excluding hydrogens is 360 g/mol. The van der Waals surface area contributed by atoms with Crippen LogP contribution in [0.1, 0.15) is 21.7 Å². The molecule has 0 fully saturated rings. The molecule has 2 aromatic heterocycles. The van der Waals surface area contributed by atoms with E-state index in [1.807, 2.05) is 53.0 Å². The summed E-state index contributed by atoms with van der Waals surface area (Å²) < 4.78 is 1.94. The van der Waals surface area contributed by atoms with E-state index in [4.69, 9.17) is 0 Å². The Kier molecular flexibility index (Phi) is 5.47. The van der Waals surface area contributed by atoms with Crippen molar-refractivity contribution in [3.8, 4) is 11.1 Å². The smallest absolute Gasteiger partial charge is 0.256 e. The lowest BCUT2D eigenvalue weighted by molar-refractivity contribution is 0.0724. The summed E-state index contributed by atoms with van der Waals surface area (Å²) in [5.41, 5.74) is 3.91. The number of aryl methyl sites for hydroxylation is 1. The quantitative estimate of drug-likeness (QED) is 0.499. The van der Waals surface area contributed by atoms with Crippen molar-refractivity contribution in [2.75, 3.05) is 0 Å². The molecule has 144 valence electrons. The highest BCUT2D eigenvalue weighted by molar-refractivity contribution is 5.93. The molecular formula is C24H22N4O. The van der Waals surface area contributed by atoms with Crippen molar-refractivity contribution in [1.82, 2.24) is 19.4 Å². The van der Waals surface area contributed by atoms with Crippen molar-refractivity contribution in [3.63, 3.8) is 0 Å². The highest BCUT2D eigenvalue weighted by Gasteiger charge is 2.20. The van der Waals surface area contributed by atoms with Crippen molar-refractivity contribution in [2.24, 2.45) is 7.05 Å². The number of rotatable bonds is 6. The Hall–Kier alpha value is -3.73. The summed E-state index contributed by atoms with van der Waals surface area (Å²) in [6.07, 6.45) is 6.92. The van der Waals surface area contributed by atoms with E-state index in [0.29, 0.717) is 18.7 Å². The van der Waals surface area contributed by atoms with Gasteiger partial charge >= 0.3 is 0 Å². The molecule has 4 rings (SSSR count). The van der Waals surface area contributed by atoms with Gasteiger partial charge in [0.25, 0.3) is 5.91 Å². The van der Waals surface area contributed by atoms with Gasteiger partial charge in [-0.05, 0) is 28.8 Å². The van der Waals surface area contributed by atoms with Gasteiger partial charge in [-0.1, -0.05) is 54.6 Å². The molecule has 0 spiro atoms. The van der Waals surface area contributed by atoms with Crippen molar-refractivity contribution in [2.45, 2.75) is 13.1 Å². The number of hydrogen-bond acceptors (Lipinski definition) is 3. The first-order valence-electron chi connectivity index (χ1n) is 9.51. The summed E-state index contributed by atoms with van der Waals surface area (Å²) >= 11 is 0. The Morgan fingerprint density at radius 2 is 1.72 bits per heavy atom. The Morgan fingerprint density at radius 1 is 0.931 bits per heavy atom. The lowest BCUT2D eigenvalue weighted by Gasteiger charge is -2.24. The topological polar surface area (TPSA) is 51.0 Å². The molecule has 0 saturated heterocycles. The fourth-order valence-electron chi connectivity index (χ4n) is 3.35. The third-order valence-electron chi connectivity index (χ3n) is 4.91. The summed E-state index contributed by atoms with van der Waals surface area (Å²) in [6.45, 7) is 0.895. The maximum Gasteiger partial charge on any atom is 0.256 e. The first-order chi connectivity index (χ1) is 14.2. The van der Waals surface area contributed by atoms with Gasteiger partial charge in [0.2, 0.25) is 0 Å². The zero-order valence-electron chi connectivity index (χ0n) is 16.3. The Bertz CT molecular complexity index is 1090. The average molecular weight is 382 g/mol. The van der Waals surface area contributed by atoms with Crippen LogP contribution >= 0.6 is 0 Å². The second-order valence-corrected chi connectivity index (χ2v) is 6.88. The standard InChI is InChI=1S/C24H22N4O/c1-27-15-14-26-23(27)18-28(24(29)20-11-7-13-25-16-20)17-21-10-5-6-12-22(21)19-8-3-2-4-9-19/h2-16H,17-18H2,1H3. The number of nitrogens with zero attached hydrogens (tertiary/aromatic N) is 4. The maximum atomic E-state index is 13.3. The van der Waals surface area contributed by atoms with Gasteiger partial charge in [-0.2, -0.15) is 0 Å². The molecule has 5 heteroatoms. The number of carbonyl (C=O) groups excluding carboxylic acids is 1. The molecule has 0 aliphatic rings. The van der Waals surface area contributed by atoms with Crippen molar-refractivity contribution < 1.29 is 4.79 Å². The number of amides is 1. The fourth-order valence-corrected chi connectivity index (χ4v) is 3.35. The summed E-state index contributed by atoms with van der Waals surface area (Å²) in [7, 11) is 1.94. The number of carbonyl (C=O) groups is 1. The molecule has 4 aromatic rings. The molecule has 5 nitrogen and oxygen atoms in total. The van der Waals surface area contributed by atoms with Gasteiger partial charge < -0.3 is 9.47 Å². The summed E-state index contributed by atoms with van der Waals surface area (Å²) in [6, 6.07) is 22.0. The van der Waals surface area contributed by atoms with Crippen LogP contribution in [-0.4, -0.2) is 25.3 Å². The molecule has 0 N–H and O–H groups in total. The second kappa shape index (κ2) is 8.52. The molecule has 2 heterocycles. The fraction of sp³-hybridized carbons (Fsp3) is 0.125. The number of hydrogen-bond donors (Lipinski definition) is 0. The molecule has 0 atom stereocenters. The molecule has 2 aromatic carbocycles. The van der Waals surface area contributed by atoms with Gasteiger partial charge in [0, 0.05) is 38.4 Å². The van der Waals surface area contributed by atoms with Gasteiger partial charge in [-0.15, -0.1) is 0 Å². The van der Waals surface area contributed by atoms with Crippen LogP contribution in [0.3, 0.4) is 0 Å². The Balaban J connectivity index is 1.69. The Morgan fingerprint density at radius 3 is 2.45 bits per heavy atom.